The van der Waals surface area contributed by atoms with E-state index in [2.05, 4.69) is 5.32 Å². The molecule has 2 amide bonds. The Hall–Kier alpha value is -0.980. The Morgan fingerprint density at radius 1 is 1.30 bits per heavy atom. The highest BCUT2D eigenvalue weighted by molar-refractivity contribution is 5.74. The summed E-state index contributed by atoms with van der Waals surface area (Å²) >= 11 is 0. The average Bonchev–Trinajstić information content (AvgIpc) is 2.54. The maximum absolute atomic E-state index is 12.8. The van der Waals surface area contributed by atoms with Gasteiger partial charge in [-0.05, 0) is 43.9 Å². The van der Waals surface area contributed by atoms with Crippen molar-refractivity contribution in [2.45, 2.75) is 64.1 Å². The smallest absolute Gasteiger partial charge is 0.391 e. The summed E-state index contributed by atoms with van der Waals surface area (Å²) in [6.07, 6.45) is -0.564. The lowest BCUT2D eigenvalue weighted by Gasteiger charge is -2.41. The molecular weight excluding hydrogens is 309 g/mol. The molecule has 1 saturated carbocycles. The van der Waals surface area contributed by atoms with Gasteiger partial charge in [0.05, 0.1) is 5.92 Å². The second-order valence-electron chi connectivity index (χ2n) is 7.05. The number of likely N-dealkylation sites (tertiary alicyclic amines) is 1. The molecule has 0 radical (unpaired) electrons. The van der Waals surface area contributed by atoms with Gasteiger partial charge in [0.15, 0.2) is 0 Å². The number of carbonyl (C=O) groups is 1. The Morgan fingerprint density at radius 2 is 1.96 bits per heavy atom. The number of halogens is 3. The molecule has 1 heterocycles. The van der Waals surface area contributed by atoms with E-state index in [1.807, 2.05) is 6.92 Å². The van der Waals surface area contributed by atoms with Gasteiger partial charge in [-0.3, -0.25) is 0 Å². The van der Waals surface area contributed by atoms with Gasteiger partial charge in [-0.25, -0.2) is 4.79 Å². The van der Waals surface area contributed by atoms with Gasteiger partial charge in [0, 0.05) is 25.7 Å². The molecule has 23 heavy (non-hydrogen) atoms. The van der Waals surface area contributed by atoms with Crippen molar-refractivity contribution in [1.82, 2.24) is 10.2 Å². The van der Waals surface area contributed by atoms with Gasteiger partial charge >= 0.3 is 12.2 Å². The molecule has 0 aromatic heterocycles. The van der Waals surface area contributed by atoms with Crippen LogP contribution in [0.1, 0.15) is 51.9 Å². The van der Waals surface area contributed by atoms with Crippen molar-refractivity contribution in [2.24, 2.45) is 11.3 Å². The van der Waals surface area contributed by atoms with Gasteiger partial charge in [0.2, 0.25) is 0 Å². The monoisotopic (exact) mass is 336 g/mol. The number of urea groups is 1. The Morgan fingerprint density at radius 3 is 2.48 bits per heavy atom. The van der Waals surface area contributed by atoms with Gasteiger partial charge in [-0.15, -0.1) is 0 Å². The minimum absolute atomic E-state index is 0.0153. The van der Waals surface area contributed by atoms with Crippen LogP contribution in [0.15, 0.2) is 0 Å². The van der Waals surface area contributed by atoms with Crippen LogP contribution in [0.5, 0.6) is 0 Å². The van der Waals surface area contributed by atoms with Gasteiger partial charge < -0.3 is 15.3 Å². The van der Waals surface area contributed by atoms with Crippen molar-refractivity contribution in [1.29, 1.82) is 0 Å². The van der Waals surface area contributed by atoms with E-state index in [9.17, 15) is 23.1 Å². The summed E-state index contributed by atoms with van der Waals surface area (Å²) in [4.78, 5) is 13.9. The van der Waals surface area contributed by atoms with Crippen LogP contribution in [0, 0.1) is 11.3 Å². The van der Waals surface area contributed by atoms with Crippen molar-refractivity contribution in [3.63, 3.8) is 0 Å². The maximum atomic E-state index is 12.8. The number of carbonyl (C=O) groups excluding carboxylic acids is 1. The summed E-state index contributed by atoms with van der Waals surface area (Å²) in [7, 11) is 0. The second kappa shape index (κ2) is 7.28. The van der Waals surface area contributed by atoms with Crippen LogP contribution in [-0.4, -0.2) is 48.0 Å². The van der Waals surface area contributed by atoms with E-state index in [-0.39, 0.29) is 30.9 Å². The number of alkyl halides is 3. The molecule has 0 spiro atoms. The second-order valence-corrected chi connectivity index (χ2v) is 7.05. The normalized spacial score (nSPS) is 28.5. The molecule has 134 valence electrons. The Balaban J connectivity index is 1.83. The zero-order valence-electron chi connectivity index (χ0n) is 13.7. The number of rotatable bonds is 3. The number of amides is 2. The minimum atomic E-state index is -4.17. The average molecular weight is 336 g/mol. The standard InChI is InChI=1S/C16H27F3N2O2/c1-2-15(11-22)6-8-21(9-7-15)14(23)20-13-5-3-4-12(10-13)16(17,18)19/h12-13,22H,2-11H2,1H3,(H,20,23). The molecule has 2 rings (SSSR count). The summed E-state index contributed by atoms with van der Waals surface area (Å²) in [5, 5.41) is 12.3. The fourth-order valence-corrected chi connectivity index (χ4v) is 3.69. The van der Waals surface area contributed by atoms with Crippen molar-refractivity contribution >= 4 is 6.03 Å². The van der Waals surface area contributed by atoms with E-state index in [1.54, 1.807) is 4.90 Å². The molecule has 0 bridgehead atoms. The Bertz CT molecular complexity index is 401. The first-order valence-corrected chi connectivity index (χ1v) is 8.53. The van der Waals surface area contributed by atoms with E-state index < -0.39 is 18.1 Å². The van der Waals surface area contributed by atoms with E-state index in [0.717, 1.165) is 19.3 Å². The highest BCUT2D eigenvalue weighted by atomic mass is 19.4. The molecule has 2 fully saturated rings. The number of nitrogens with zero attached hydrogens (tertiary/aromatic N) is 1. The molecule has 2 aliphatic rings. The molecule has 2 N–H and O–H groups in total. The van der Waals surface area contributed by atoms with Gasteiger partial charge in [0.1, 0.15) is 0 Å². The Labute approximate surface area is 135 Å². The number of hydrogen-bond donors (Lipinski definition) is 2. The number of aliphatic hydroxyl groups is 1. The summed E-state index contributed by atoms with van der Waals surface area (Å²) in [5.41, 5.74) is -0.108. The third kappa shape index (κ3) is 4.52. The van der Waals surface area contributed by atoms with E-state index in [1.165, 1.54) is 0 Å². The van der Waals surface area contributed by atoms with Crippen LogP contribution >= 0.6 is 0 Å². The topological polar surface area (TPSA) is 52.6 Å². The number of nitrogens with one attached hydrogen (secondary N) is 1. The summed E-state index contributed by atoms with van der Waals surface area (Å²) in [6.45, 7) is 3.26. The summed E-state index contributed by atoms with van der Waals surface area (Å²) < 4.78 is 38.5. The predicted molar refractivity (Wildman–Crippen MR) is 80.9 cm³/mol. The van der Waals surface area contributed by atoms with Gasteiger partial charge in [0.25, 0.3) is 0 Å². The lowest BCUT2D eigenvalue weighted by molar-refractivity contribution is -0.183. The first-order valence-electron chi connectivity index (χ1n) is 8.53. The quantitative estimate of drug-likeness (QED) is 0.831. The van der Waals surface area contributed by atoms with Crippen molar-refractivity contribution in [2.75, 3.05) is 19.7 Å². The first-order chi connectivity index (χ1) is 10.8. The van der Waals surface area contributed by atoms with Crippen LogP contribution in [0.25, 0.3) is 0 Å². The molecule has 0 aromatic rings. The minimum Gasteiger partial charge on any atom is -0.396 e. The van der Waals surface area contributed by atoms with Crippen LogP contribution in [0.4, 0.5) is 18.0 Å². The van der Waals surface area contributed by atoms with Crippen LogP contribution in [0.2, 0.25) is 0 Å². The highest BCUT2D eigenvalue weighted by Crippen LogP contribution is 2.38. The molecule has 1 aliphatic heterocycles. The predicted octanol–water partition coefficient (Wildman–Crippen LogP) is 3.30. The summed E-state index contributed by atoms with van der Waals surface area (Å²) in [6, 6.07) is -0.654. The molecule has 4 nitrogen and oxygen atoms in total. The van der Waals surface area contributed by atoms with Crippen LogP contribution in [0.3, 0.4) is 0 Å². The van der Waals surface area contributed by atoms with E-state index in [4.69, 9.17) is 0 Å². The SMILES string of the molecule is CCC1(CO)CCN(C(=O)NC2CCCC(C(F)(F)F)C2)CC1. The third-order valence-corrected chi connectivity index (χ3v) is 5.66. The van der Waals surface area contributed by atoms with Crippen molar-refractivity contribution in [3.05, 3.63) is 0 Å². The molecule has 0 aromatic carbocycles. The summed E-state index contributed by atoms with van der Waals surface area (Å²) in [5.74, 6) is -1.30. The molecule has 1 aliphatic carbocycles. The van der Waals surface area contributed by atoms with Crippen LogP contribution < -0.4 is 5.32 Å². The number of piperidine rings is 1. The number of aliphatic hydroxyl groups excluding tert-OH is 1. The molecule has 2 unspecified atom stereocenters. The van der Waals surface area contributed by atoms with E-state index in [0.29, 0.717) is 25.9 Å². The molecule has 7 heteroatoms. The zero-order chi connectivity index (χ0) is 17.1. The number of hydrogen-bond acceptors (Lipinski definition) is 2. The zero-order valence-corrected chi connectivity index (χ0v) is 13.7. The van der Waals surface area contributed by atoms with Crippen molar-refractivity contribution < 1.29 is 23.1 Å². The van der Waals surface area contributed by atoms with E-state index >= 15 is 0 Å². The lowest BCUT2D eigenvalue weighted by atomic mass is 9.77. The Kier molecular flexibility index (Phi) is 5.81. The molecule has 1 saturated heterocycles. The third-order valence-electron chi connectivity index (χ3n) is 5.66. The van der Waals surface area contributed by atoms with Gasteiger partial charge in [-0.2, -0.15) is 13.2 Å². The highest BCUT2D eigenvalue weighted by Gasteiger charge is 2.42. The van der Waals surface area contributed by atoms with Crippen LogP contribution in [-0.2, 0) is 0 Å². The van der Waals surface area contributed by atoms with Gasteiger partial charge in [-0.1, -0.05) is 13.3 Å². The molecule has 2 atom stereocenters. The maximum Gasteiger partial charge on any atom is 0.391 e. The first kappa shape index (κ1) is 18.4. The van der Waals surface area contributed by atoms with Crippen molar-refractivity contribution in [3.8, 4) is 0 Å². The fourth-order valence-electron chi connectivity index (χ4n) is 3.69. The fraction of sp³-hybridized carbons (Fsp3) is 0.938. The largest absolute Gasteiger partial charge is 0.396 e. The lowest BCUT2D eigenvalue weighted by Crippen LogP contribution is -2.51. The molecular formula is C16H27F3N2O2.